The van der Waals surface area contributed by atoms with Crippen molar-refractivity contribution in [3.05, 3.63) is 20.8 Å². The van der Waals surface area contributed by atoms with Crippen LogP contribution in [-0.2, 0) is 14.4 Å². The summed E-state index contributed by atoms with van der Waals surface area (Å²) in [5.41, 5.74) is 9.59. The summed E-state index contributed by atoms with van der Waals surface area (Å²) in [6.07, 6.45) is 3.29. The molecule has 0 aromatic rings. The lowest BCUT2D eigenvalue weighted by molar-refractivity contribution is -0.114. The molecule has 1 heterocycles. The number of oxime groups is 1. The lowest BCUT2D eigenvalue weighted by atomic mass is 9.87. The molecule has 1 spiro atoms. The van der Waals surface area contributed by atoms with Crippen LogP contribution in [0, 0.1) is 0 Å². The highest BCUT2D eigenvalue weighted by atomic mass is 79.9. The van der Waals surface area contributed by atoms with Gasteiger partial charge in [0.05, 0.1) is 16.1 Å². The third kappa shape index (κ3) is 5.23. The van der Waals surface area contributed by atoms with E-state index in [1.807, 2.05) is 0 Å². The molecule has 2 unspecified atom stereocenters. The quantitative estimate of drug-likeness (QED) is 0.218. The number of allylic oxidation sites excluding steroid dienone is 1. The number of halogens is 2. The van der Waals surface area contributed by atoms with Crippen molar-refractivity contribution in [2.24, 2.45) is 21.6 Å². The van der Waals surface area contributed by atoms with E-state index in [1.165, 1.54) is 7.11 Å². The second-order valence-corrected chi connectivity index (χ2v) is 7.87. The van der Waals surface area contributed by atoms with Gasteiger partial charge in [-0.15, -0.1) is 0 Å². The van der Waals surface area contributed by atoms with Gasteiger partial charge in [-0.3, -0.25) is 9.79 Å². The van der Waals surface area contributed by atoms with Gasteiger partial charge in [0.15, 0.2) is 11.6 Å². The number of hydrogen-bond acceptors (Lipinski definition) is 6. The van der Waals surface area contributed by atoms with Gasteiger partial charge in [-0.2, -0.15) is 0 Å². The molecule has 150 valence electrons. The molecule has 27 heavy (non-hydrogen) atoms. The summed E-state index contributed by atoms with van der Waals surface area (Å²) in [5, 5.41) is 17.3. The van der Waals surface area contributed by atoms with Gasteiger partial charge in [0.2, 0.25) is 0 Å². The fourth-order valence-electron chi connectivity index (χ4n) is 2.74. The molecule has 11 heteroatoms. The lowest BCUT2D eigenvalue weighted by Gasteiger charge is -2.33. The molecule has 0 aromatic heterocycles. The number of unbranched alkanes of at least 4 members (excludes halogenated alkanes) is 2. The summed E-state index contributed by atoms with van der Waals surface area (Å²) in [6, 6.07) is 0. The van der Waals surface area contributed by atoms with E-state index in [4.69, 9.17) is 21.0 Å². The van der Waals surface area contributed by atoms with Gasteiger partial charge in [0.1, 0.15) is 17.6 Å². The van der Waals surface area contributed by atoms with E-state index in [9.17, 15) is 9.90 Å². The summed E-state index contributed by atoms with van der Waals surface area (Å²) in [6.45, 7) is 1.08. The Morgan fingerprint density at radius 1 is 1.48 bits per heavy atom. The van der Waals surface area contributed by atoms with Gasteiger partial charge in [-0.05, 0) is 57.2 Å². The van der Waals surface area contributed by atoms with E-state index in [1.54, 1.807) is 6.08 Å². The highest BCUT2D eigenvalue weighted by Gasteiger charge is 2.50. The van der Waals surface area contributed by atoms with Crippen LogP contribution in [0.25, 0.3) is 0 Å². The Bertz CT molecular complexity index is 703. The molecule has 2 aliphatic rings. The van der Waals surface area contributed by atoms with Crippen LogP contribution in [0.4, 0.5) is 0 Å². The van der Waals surface area contributed by atoms with Crippen LogP contribution in [0.5, 0.6) is 0 Å². The van der Waals surface area contributed by atoms with E-state index in [2.05, 4.69) is 47.3 Å². The Balaban J connectivity index is 1.82. The summed E-state index contributed by atoms with van der Waals surface area (Å²) >= 11 is 6.71. The van der Waals surface area contributed by atoms with Crippen molar-refractivity contribution in [3.63, 3.8) is 0 Å². The number of hydrogen-bond donors (Lipinski definition) is 4. The standard InChI is InChI=1S/C16H23Br2N5O4/c1-26-12-9(17)7-16(13(24)11(12)18)8-10(23-27-16)14(25)21-5-3-2-4-6-22-15(19)20/h7,13,24H,2-6,8H2,1H3,(H,21,25)(H4,19,20,22). The van der Waals surface area contributed by atoms with Gasteiger partial charge < -0.3 is 31.5 Å². The number of amides is 1. The van der Waals surface area contributed by atoms with Crippen LogP contribution in [0.1, 0.15) is 25.7 Å². The number of carbonyl (C=O) groups is 1. The van der Waals surface area contributed by atoms with Crippen LogP contribution in [0.15, 0.2) is 30.9 Å². The van der Waals surface area contributed by atoms with Crippen LogP contribution in [0.2, 0.25) is 0 Å². The van der Waals surface area contributed by atoms with E-state index < -0.39 is 11.7 Å². The van der Waals surface area contributed by atoms with E-state index in [0.29, 0.717) is 27.8 Å². The number of ether oxygens (including phenoxy) is 1. The zero-order chi connectivity index (χ0) is 20.0. The minimum absolute atomic E-state index is 0.0844. The Hall–Kier alpha value is -1.59. The van der Waals surface area contributed by atoms with Gasteiger partial charge >= 0.3 is 0 Å². The van der Waals surface area contributed by atoms with Crippen molar-refractivity contribution in [1.29, 1.82) is 0 Å². The maximum atomic E-state index is 12.3. The van der Waals surface area contributed by atoms with E-state index in [0.717, 1.165) is 19.3 Å². The number of carbonyl (C=O) groups excluding carboxylic acids is 1. The van der Waals surface area contributed by atoms with Crippen molar-refractivity contribution in [1.82, 2.24) is 5.32 Å². The molecule has 1 amide bonds. The number of nitrogens with two attached hydrogens (primary N) is 2. The second kappa shape index (κ2) is 9.56. The fraction of sp³-hybridized carbons (Fsp3) is 0.562. The zero-order valence-electron chi connectivity index (χ0n) is 14.9. The first kappa shape index (κ1) is 21.7. The summed E-state index contributed by atoms with van der Waals surface area (Å²) < 4.78 is 6.27. The average molecular weight is 509 g/mol. The molecule has 0 saturated carbocycles. The second-order valence-electron chi connectivity index (χ2n) is 6.16. The van der Waals surface area contributed by atoms with Gasteiger partial charge in [-0.25, -0.2) is 0 Å². The number of rotatable bonds is 8. The molecule has 2 atom stereocenters. The van der Waals surface area contributed by atoms with Gasteiger partial charge in [0, 0.05) is 19.5 Å². The lowest BCUT2D eigenvalue weighted by Crippen LogP contribution is -2.45. The largest absolute Gasteiger partial charge is 0.495 e. The van der Waals surface area contributed by atoms with Gasteiger partial charge in [0.25, 0.3) is 5.91 Å². The number of nitrogens with one attached hydrogen (secondary N) is 1. The van der Waals surface area contributed by atoms with E-state index in [-0.39, 0.29) is 24.0 Å². The van der Waals surface area contributed by atoms with Crippen molar-refractivity contribution >= 4 is 49.4 Å². The Kier molecular flexibility index (Phi) is 7.68. The molecular weight excluding hydrogens is 486 g/mol. The molecule has 0 bridgehead atoms. The van der Waals surface area contributed by atoms with Crippen molar-refractivity contribution in [2.45, 2.75) is 37.4 Å². The SMILES string of the molecule is COC1=C(Br)C(O)C2(C=C1Br)CC(C(=O)NCCCCCN=C(N)N)=NO2. The van der Waals surface area contributed by atoms with Crippen molar-refractivity contribution < 1.29 is 19.5 Å². The Morgan fingerprint density at radius 2 is 2.22 bits per heavy atom. The predicted octanol–water partition coefficient (Wildman–Crippen LogP) is 0.968. The molecule has 6 N–H and O–H groups in total. The number of methoxy groups -OCH3 is 1. The van der Waals surface area contributed by atoms with Crippen LogP contribution in [-0.4, -0.2) is 54.6 Å². The molecule has 2 rings (SSSR count). The average Bonchev–Trinajstić information content (AvgIpc) is 3.04. The minimum Gasteiger partial charge on any atom is -0.495 e. The summed E-state index contributed by atoms with van der Waals surface area (Å²) in [5.74, 6) is 0.238. The fourth-order valence-corrected chi connectivity index (χ4v) is 4.54. The van der Waals surface area contributed by atoms with Crippen LogP contribution in [0.3, 0.4) is 0 Å². The van der Waals surface area contributed by atoms with Crippen LogP contribution < -0.4 is 16.8 Å². The number of guanidine groups is 1. The maximum Gasteiger partial charge on any atom is 0.269 e. The first-order chi connectivity index (χ1) is 12.8. The third-order valence-electron chi connectivity index (χ3n) is 4.16. The molecule has 9 nitrogen and oxygen atoms in total. The number of aliphatic hydroxyl groups excluding tert-OH is 1. The first-order valence-electron chi connectivity index (χ1n) is 8.40. The van der Waals surface area contributed by atoms with Crippen molar-refractivity contribution in [2.75, 3.05) is 20.2 Å². The highest BCUT2D eigenvalue weighted by Crippen LogP contribution is 2.43. The number of nitrogens with zero attached hydrogens (tertiary/aromatic N) is 2. The topological polar surface area (TPSA) is 145 Å². The minimum atomic E-state index is -1.15. The number of aliphatic imine (C=N–C) groups is 1. The highest BCUT2D eigenvalue weighted by molar-refractivity contribution is 9.12. The molecule has 0 saturated heterocycles. The monoisotopic (exact) mass is 507 g/mol. The molecule has 1 aliphatic heterocycles. The van der Waals surface area contributed by atoms with Crippen molar-refractivity contribution in [3.8, 4) is 0 Å². The number of aliphatic hydroxyl groups is 1. The summed E-state index contributed by atoms with van der Waals surface area (Å²) in [4.78, 5) is 21.7. The first-order valence-corrected chi connectivity index (χ1v) is 9.98. The predicted molar refractivity (Wildman–Crippen MR) is 109 cm³/mol. The molecular formula is C16H23Br2N5O4. The maximum absolute atomic E-state index is 12.3. The third-order valence-corrected chi connectivity index (χ3v) is 5.54. The van der Waals surface area contributed by atoms with Gasteiger partial charge in [-0.1, -0.05) is 5.16 Å². The molecule has 1 aliphatic carbocycles. The van der Waals surface area contributed by atoms with E-state index >= 15 is 0 Å². The normalized spacial score (nSPS) is 24.2. The Morgan fingerprint density at radius 3 is 2.89 bits per heavy atom. The molecule has 0 fully saturated rings. The molecule has 0 radical (unpaired) electrons. The zero-order valence-corrected chi connectivity index (χ0v) is 18.0. The summed E-state index contributed by atoms with van der Waals surface area (Å²) in [7, 11) is 1.50. The Labute approximate surface area is 174 Å². The molecule has 0 aromatic carbocycles. The van der Waals surface area contributed by atoms with Crippen LogP contribution >= 0.6 is 31.9 Å². The smallest absolute Gasteiger partial charge is 0.269 e.